The third-order valence-electron chi connectivity index (χ3n) is 1.69. The van der Waals surface area contributed by atoms with Gasteiger partial charge in [-0.3, -0.25) is 4.79 Å². The Kier molecular flexibility index (Phi) is 1.80. The van der Waals surface area contributed by atoms with Crippen molar-refractivity contribution in [1.29, 1.82) is 0 Å². The van der Waals surface area contributed by atoms with Gasteiger partial charge in [0.25, 0.3) is 0 Å². The molecule has 0 saturated heterocycles. The third-order valence-corrected chi connectivity index (χ3v) is 1.69. The first-order valence-electron chi connectivity index (χ1n) is 3.72. The second-order valence-electron chi connectivity index (χ2n) is 2.57. The molecular weight excluding hydrogens is 156 g/mol. The molecule has 1 unspecified atom stereocenters. The van der Waals surface area contributed by atoms with Gasteiger partial charge in [0.1, 0.15) is 18.5 Å². The number of hydrogen-bond acceptors (Lipinski definition) is 3. The molecule has 0 saturated carbocycles. The summed E-state index contributed by atoms with van der Waals surface area (Å²) in [6.07, 6.45) is 4.61. The van der Waals surface area contributed by atoms with Gasteiger partial charge < -0.3 is 9.15 Å². The minimum absolute atomic E-state index is 0.00203. The molecule has 0 aromatic carbocycles. The summed E-state index contributed by atoms with van der Waals surface area (Å²) in [6.45, 7) is 0.141. The molecule has 0 N–H and O–H groups in total. The van der Waals surface area contributed by atoms with E-state index in [1.807, 2.05) is 6.07 Å². The van der Waals surface area contributed by atoms with Crippen LogP contribution >= 0.6 is 0 Å². The normalized spacial score (nSPS) is 23.0. The van der Waals surface area contributed by atoms with Crippen molar-refractivity contribution in [2.24, 2.45) is 0 Å². The maximum Gasteiger partial charge on any atom is 0.181 e. The minimum Gasteiger partial charge on any atom is -0.466 e. The molecule has 3 heteroatoms. The number of ketones is 1. The van der Waals surface area contributed by atoms with E-state index in [-0.39, 0.29) is 18.5 Å². The topological polar surface area (TPSA) is 39.4 Å². The first kappa shape index (κ1) is 7.31. The fraction of sp³-hybridized carbons (Fsp3) is 0.222. The van der Waals surface area contributed by atoms with E-state index in [4.69, 9.17) is 9.15 Å². The molecule has 1 atom stereocenters. The van der Waals surface area contributed by atoms with Crippen LogP contribution in [0, 0.1) is 0 Å². The summed E-state index contributed by atoms with van der Waals surface area (Å²) in [5.41, 5.74) is 0. The highest BCUT2D eigenvalue weighted by atomic mass is 16.5. The van der Waals surface area contributed by atoms with E-state index in [9.17, 15) is 4.79 Å². The second kappa shape index (κ2) is 2.95. The van der Waals surface area contributed by atoms with E-state index >= 15 is 0 Å². The van der Waals surface area contributed by atoms with Gasteiger partial charge in [0.2, 0.25) is 0 Å². The number of carbonyl (C=O) groups excluding carboxylic acids is 1. The molecular formula is C9H8O3. The molecule has 0 fully saturated rings. The fourth-order valence-electron chi connectivity index (χ4n) is 1.10. The average molecular weight is 164 g/mol. The van der Waals surface area contributed by atoms with Crippen LogP contribution in [0.5, 0.6) is 0 Å². The minimum atomic E-state index is -0.197. The van der Waals surface area contributed by atoms with Crippen molar-refractivity contribution >= 4 is 5.78 Å². The van der Waals surface area contributed by atoms with Crippen LogP contribution in [0.2, 0.25) is 0 Å². The third kappa shape index (κ3) is 1.31. The van der Waals surface area contributed by atoms with E-state index in [2.05, 4.69) is 0 Å². The Balaban J connectivity index is 2.17. The zero-order valence-corrected chi connectivity index (χ0v) is 6.40. The van der Waals surface area contributed by atoms with Crippen molar-refractivity contribution in [3.63, 3.8) is 0 Å². The highest BCUT2D eigenvalue weighted by Crippen LogP contribution is 2.21. The fourth-order valence-corrected chi connectivity index (χ4v) is 1.10. The molecule has 0 bridgehead atoms. The van der Waals surface area contributed by atoms with Crippen molar-refractivity contribution in [2.75, 3.05) is 6.61 Å². The number of carbonyl (C=O) groups is 1. The zero-order valence-electron chi connectivity index (χ0n) is 6.40. The van der Waals surface area contributed by atoms with Gasteiger partial charge in [0.05, 0.1) is 6.26 Å². The van der Waals surface area contributed by atoms with E-state index in [0.29, 0.717) is 0 Å². The lowest BCUT2D eigenvalue weighted by Crippen LogP contribution is -2.14. The molecule has 2 rings (SSSR count). The maximum atomic E-state index is 10.7. The Labute approximate surface area is 69.6 Å². The van der Waals surface area contributed by atoms with Crippen molar-refractivity contribution in [2.45, 2.75) is 6.10 Å². The summed E-state index contributed by atoms with van der Waals surface area (Å²) < 4.78 is 10.3. The molecule has 0 amide bonds. The molecule has 1 aromatic heterocycles. The molecule has 12 heavy (non-hydrogen) atoms. The first-order valence-corrected chi connectivity index (χ1v) is 3.72. The van der Waals surface area contributed by atoms with Crippen LogP contribution in [0.25, 0.3) is 0 Å². The largest absolute Gasteiger partial charge is 0.466 e. The zero-order chi connectivity index (χ0) is 8.39. The van der Waals surface area contributed by atoms with Crippen LogP contribution < -0.4 is 0 Å². The van der Waals surface area contributed by atoms with Crippen LogP contribution in [0.3, 0.4) is 0 Å². The Morgan fingerprint density at radius 2 is 2.42 bits per heavy atom. The van der Waals surface area contributed by atoms with Gasteiger partial charge in [-0.1, -0.05) is 0 Å². The van der Waals surface area contributed by atoms with Crippen LogP contribution in [0.4, 0.5) is 0 Å². The Morgan fingerprint density at radius 1 is 1.50 bits per heavy atom. The SMILES string of the molecule is O=C1C=CC(c2ccco2)OC1. The van der Waals surface area contributed by atoms with E-state index in [1.165, 1.54) is 6.08 Å². The van der Waals surface area contributed by atoms with Crippen LogP contribution in [0.1, 0.15) is 11.9 Å². The Hall–Kier alpha value is -1.35. The number of ether oxygens (including phenoxy) is 1. The number of hydrogen-bond donors (Lipinski definition) is 0. The van der Waals surface area contributed by atoms with Gasteiger partial charge in [0.15, 0.2) is 5.78 Å². The Morgan fingerprint density at radius 3 is 3.00 bits per heavy atom. The lowest BCUT2D eigenvalue weighted by atomic mass is 10.2. The monoisotopic (exact) mass is 164 g/mol. The predicted molar refractivity (Wildman–Crippen MR) is 41.5 cm³/mol. The lowest BCUT2D eigenvalue weighted by Gasteiger charge is -2.13. The molecule has 1 aliphatic heterocycles. The van der Waals surface area contributed by atoms with Gasteiger partial charge in [-0.2, -0.15) is 0 Å². The molecule has 0 spiro atoms. The summed E-state index contributed by atoms with van der Waals surface area (Å²) in [4.78, 5) is 10.7. The standard InChI is InChI=1S/C9H8O3/c10-7-3-4-9(12-6-7)8-2-1-5-11-8/h1-5,9H,6H2. The van der Waals surface area contributed by atoms with Crippen molar-refractivity contribution < 1.29 is 13.9 Å². The molecule has 1 aromatic rings. The maximum absolute atomic E-state index is 10.7. The summed E-state index contributed by atoms with van der Waals surface area (Å²) in [6, 6.07) is 3.62. The van der Waals surface area contributed by atoms with Gasteiger partial charge in [-0.15, -0.1) is 0 Å². The van der Waals surface area contributed by atoms with Crippen molar-refractivity contribution in [3.8, 4) is 0 Å². The predicted octanol–water partition coefficient (Wildman–Crippen LogP) is 1.48. The Bertz CT molecular complexity index is 298. The van der Waals surface area contributed by atoms with E-state index in [1.54, 1.807) is 18.4 Å². The molecule has 62 valence electrons. The van der Waals surface area contributed by atoms with Gasteiger partial charge in [-0.25, -0.2) is 0 Å². The van der Waals surface area contributed by atoms with Gasteiger partial charge in [0, 0.05) is 0 Å². The van der Waals surface area contributed by atoms with Gasteiger partial charge >= 0.3 is 0 Å². The highest BCUT2D eigenvalue weighted by Gasteiger charge is 2.16. The molecule has 2 heterocycles. The average Bonchev–Trinajstić information content (AvgIpc) is 2.58. The number of furan rings is 1. The lowest BCUT2D eigenvalue weighted by molar-refractivity contribution is -0.121. The summed E-state index contributed by atoms with van der Waals surface area (Å²) in [5, 5.41) is 0. The van der Waals surface area contributed by atoms with Gasteiger partial charge in [-0.05, 0) is 24.3 Å². The number of rotatable bonds is 1. The van der Waals surface area contributed by atoms with E-state index in [0.717, 1.165) is 5.76 Å². The van der Waals surface area contributed by atoms with Crippen molar-refractivity contribution in [1.82, 2.24) is 0 Å². The molecule has 0 aliphatic carbocycles. The first-order chi connectivity index (χ1) is 5.86. The summed E-state index contributed by atoms with van der Waals surface area (Å²) in [7, 11) is 0. The second-order valence-corrected chi connectivity index (χ2v) is 2.57. The van der Waals surface area contributed by atoms with E-state index < -0.39 is 0 Å². The summed E-state index contributed by atoms with van der Waals surface area (Å²) >= 11 is 0. The van der Waals surface area contributed by atoms with Crippen LogP contribution in [0.15, 0.2) is 35.0 Å². The molecule has 1 aliphatic rings. The van der Waals surface area contributed by atoms with Crippen LogP contribution in [-0.2, 0) is 9.53 Å². The smallest absolute Gasteiger partial charge is 0.181 e. The summed E-state index contributed by atoms with van der Waals surface area (Å²) in [5.74, 6) is 0.733. The van der Waals surface area contributed by atoms with Crippen LogP contribution in [-0.4, -0.2) is 12.4 Å². The van der Waals surface area contributed by atoms with Crippen molar-refractivity contribution in [3.05, 3.63) is 36.3 Å². The quantitative estimate of drug-likeness (QED) is 0.631. The highest BCUT2D eigenvalue weighted by molar-refractivity contribution is 5.91. The molecule has 3 nitrogen and oxygen atoms in total. The molecule has 0 radical (unpaired) electrons.